The Balaban J connectivity index is 1.45. The van der Waals surface area contributed by atoms with Crippen LogP contribution < -0.4 is 29.0 Å². The van der Waals surface area contributed by atoms with E-state index in [2.05, 4.69) is 36.5 Å². The third kappa shape index (κ3) is 3.86. The largest absolute Gasteiger partial charge is 0.493 e. The van der Waals surface area contributed by atoms with Gasteiger partial charge in [0.2, 0.25) is 12.5 Å². The molecule has 1 N–H and O–H groups in total. The van der Waals surface area contributed by atoms with Gasteiger partial charge in [-0.3, -0.25) is 4.79 Å². The van der Waals surface area contributed by atoms with Crippen LogP contribution in [0.2, 0.25) is 0 Å². The Kier molecular flexibility index (Phi) is 5.71. The highest BCUT2D eigenvalue weighted by atomic mass is 16.7. The van der Waals surface area contributed by atoms with Gasteiger partial charge < -0.3 is 29.0 Å². The van der Waals surface area contributed by atoms with Crippen LogP contribution in [0.25, 0.3) is 0 Å². The van der Waals surface area contributed by atoms with Gasteiger partial charge in [-0.2, -0.15) is 0 Å². The van der Waals surface area contributed by atoms with Crippen molar-refractivity contribution in [2.75, 3.05) is 33.4 Å². The van der Waals surface area contributed by atoms with Crippen LogP contribution in [-0.4, -0.2) is 33.9 Å². The molecular weight excluding hydrogens is 470 g/mol. The Labute approximate surface area is 215 Å². The number of hydrogen-bond acceptors (Lipinski definition) is 7. The van der Waals surface area contributed by atoms with E-state index in [9.17, 15) is 4.79 Å². The van der Waals surface area contributed by atoms with E-state index in [1.165, 1.54) is 5.56 Å². The van der Waals surface area contributed by atoms with Gasteiger partial charge in [0.1, 0.15) is 0 Å². The second kappa shape index (κ2) is 9.07. The van der Waals surface area contributed by atoms with Gasteiger partial charge >= 0.3 is 0 Å². The molecule has 37 heavy (non-hydrogen) atoms. The summed E-state index contributed by atoms with van der Waals surface area (Å²) in [7, 11) is 4.79. The van der Waals surface area contributed by atoms with E-state index in [1.54, 1.807) is 21.3 Å². The first-order chi connectivity index (χ1) is 18.0. The third-order valence-electron chi connectivity index (χ3n) is 7.51. The summed E-state index contributed by atoms with van der Waals surface area (Å²) in [6.07, 6.45) is 1.07. The third-order valence-corrected chi connectivity index (χ3v) is 7.51. The molecule has 7 nitrogen and oxygen atoms in total. The van der Waals surface area contributed by atoms with Crippen molar-refractivity contribution in [3.63, 3.8) is 0 Å². The summed E-state index contributed by atoms with van der Waals surface area (Å²) in [6, 6.07) is 16.3. The summed E-state index contributed by atoms with van der Waals surface area (Å²) in [4.78, 5) is 13.9. The number of ether oxygens (including phenoxy) is 5. The van der Waals surface area contributed by atoms with Gasteiger partial charge in [0, 0.05) is 35.4 Å². The second-order valence-electron chi connectivity index (χ2n) is 9.64. The average Bonchev–Trinajstić information content (AvgIpc) is 3.37. The van der Waals surface area contributed by atoms with Crippen LogP contribution in [-0.2, 0) is 4.79 Å². The maximum absolute atomic E-state index is 13.9. The predicted molar refractivity (Wildman–Crippen MR) is 139 cm³/mol. The average molecular weight is 500 g/mol. The molecule has 3 aliphatic rings. The fourth-order valence-corrected chi connectivity index (χ4v) is 5.68. The lowest BCUT2D eigenvalue weighted by Gasteiger charge is -2.37. The highest BCUT2D eigenvalue weighted by molar-refractivity contribution is 6.02. The minimum atomic E-state index is -0.185. The van der Waals surface area contributed by atoms with E-state index >= 15 is 0 Å². The molecule has 2 heterocycles. The molecular formula is C30H29NO6. The molecule has 0 fully saturated rings. The van der Waals surface area contributed by atoms with Gasteiger partial charge in [0.25, 0.3) is 0 Å². The molecule has 6 rings (SSSR count). The van der Waals surface area contributed by atoms with Crippen LogP contribution in [0.1, 0.15) is 46.9 Å². The Morgan fingerprint density at radius 1 is 0.838 bits per heavy atom. The van der Waals surface area contributed by atoms with Crippen LogP contribution in [0, 0.1) is 6.92 Å². The fourth-order valence-electron chi connectivity index (χ4n) is 5.68. The quantitative estimate of drug-likeness (QED) is 0.482. The molecule has 0 saturated heterocycles. The number of ketones is 1. The van der Waals surface area contributed by atoms with E-state index in [4.69, 9.17) is 23.7 Å². The number of fused-ring (bicyclic) bond motifs is 2. The highest BCUT2D eigenvalue weighted by Crippen LogP contribution is 2.52. The summed E-state index contributed by atoms with van der Waals surface area (Å²) in [5.74, 6) is 3.02. The summed E-state index contributed by atoms with van der Waals surface area (Å²) >= 11 is 0. The molecule has 190 valence electrons. The first kappa shape index (κ1) is 23.3. The van der Waals surface area contributed by atoms with Crippen molar-refractivity contribution in [1.29, 1.82) is 0 Å². The Morgan fingerprint density at radius 2 is 1.51 bits per heavy atom. The molecule has 7 heteroatoms. The fraction of sp³-hybridized carbons (Fsp3) is 0.300. The topological polar surface area (TPSA) is 75.3 Å². The van der Waals surface area contributed by atoms with Crippen LogP contribution in [0.3, 0.4) is 0 Å². The number of aryl methyl sites for hydroxylation is 1. The first-order valence-corrected chi connectivity index (χ1v) is 12.3. The number of allylic oxidation sites excluding steroid dienone is 2. The van der Waals surface area contributed by atoms with E-state index in [-0.39, 0.29) is 24.4 Å². The van der Waals surface area contributed by atoms with Gasteiger partial charge in [0.15, 0.2) is 28.8 Å². The van der Waals surface area contributed by atoms with E-state index in [1.807, 2.05) is 24.3 Å². The number of nitrogens with one attached hydrogen (secondary N) is 1. The standard InChI is InChI=1S/C30H29NO6/c1-16-5-7-17(8-6-16)28-20-13-24-25(37-15-36-24)14-21(20)31-22-9-18(10-23(32)29(22)28)19-11-26(33-2)30(35-4)27(12-19)34-3/h5-8,11-14,18,28,31H,9-10,15H2,1-4H3. The van der Waals surface area contributed by atoms with Crippen molar-refractivity contribution in [2.45, 2.75) is 31.6 Å². The van der Waals surface area contributed by atoms with Crippen molar-refractivity contribution in [3.05, 3.63) is 82.1 Å². The van der Waals surface area contributed by atoms with Crippen molar-refractivity contribution in [1.82, 2.24) is 0 Å². The van der Waals surface area contributed by atoms with E-state index in [0.717, 1.165) is 33.6 Å². The normalized spacial score (nSPS) is 19.6. The lowest BCUT2D eigenvalue weighted by molar-refractivity contribution is -0.116. The maximum atomic E-state index is 13.9. The molecule has 0 saturated carbocycles. The van der Waals surface area contributed by atoms with Crippen LogP contribution in [0.5, 0.6) is 28.7 Å². The van der Waals surface area contributed by atoms with Gasteiger partial charge in [-0.15, -0.1) is 0 Å². The highest BCUT2D eigenvalue weighted by Gasteiger charge is 2.39. The lowest BCUT2D eigenvalue weighted by atomic mass is 9.71. The van der Waals surface area contributed by atoms with Gasteiger partial charge in [-0.05, 0) is 54.2 Å². The molecule has 0 amide bonds. The van der Waals surface area contributed by atoms with Crippen LogP contribution >= 0.6 is 0 Å². The number of Topliss-reactive ketones (excluding diaryl/α,β-unsaturated/α-hetero) is 1. The maximum Gasteiger partial charge on any atom is 0.231 e. The number of carbonyl (C=O) groups is 1. The molecule has 3 aromatic carbocycles. The number of anilines is 1. The molecule has 0 aromatic heterocycles. The summed E-state index contributed by atoms with van der Waals surface area (Å²) in [5.41, 5.74) is 6.94. The van der Waals surface area contributed by atoms with E-state index < -0.39 is 0 Å². The number of rotatable bonds is 5. The zero-order valence-corrected chi connectivity index (χ0v) is 21.3. The van der Waals surface area contributed by atoms with Gasteiger partial charge in [0.05, 0.1) is 21.3 Å². The summed E-state index contributed by atoms with van der Waals surface area (Å²) in [5, 5.41) is 3.59. The lowest BCUT2D eigenvalue weighted by Crippen LogP contribution is -2.29. The smallest absolute Gasteiger partial charge is 0.231 e. The number of hydrogen-bond donors (Lipinski definition) is 1. The second-order valence-corrected chi connectivity index (χ2v) is 9.64. The molecule has 0 radical (unpaired) electrons. The first-order valence-electron chi connectivity index (χ1n) is 12.3. The molecule has 0 bridgehead atoms. The monoisotopic (exact) mass is 499 g/mol. The zero-order valence-electron chi connectivity index (χ0n) is 21.3. The number of carbonyl (C=O) groups excluding carboxylic acids is 1. The van der Waals surface area contributed by atoms with E-state index in [0.29, 0.717) is 41.6 Å². The zero-order chi connectivity index (χ0) is 25.7. The molecule has 2 aliphatic heterocycles. The summed E-state index contributed by atoms with van der Waals surface area (Å²) in [6.45, 7) is 2.26. The number of benzene rings is 3. The van der Waals surface area contributed by atoms with Crippen molar-refractivity contribution in [3.8, 4) is 28.7 Å². The van der Waals surface area contributed by atoms with Crippen molar-refractivity contribution in [2.24, 2.45) is 0 Å². The molecule has 3 aromatic rings. The minimum absolute atomic E-state index is 0.0401. The van der Waals surface area contributed by atoms with Gasteiger partial charge in [-0.25, -0.2) is 0 Å². The molecule has 2 atom stereocenters. The molecule has 1 aliphatic carbocycles. The number of methoxy groups -OCH3 is 3. The Morgan fingerprint density at radius 3 is 2.16 bits per heavy atom. The predicted octanol–water partition coefficient (Wildman–Crippen LogP) is 5.71. The van der Waals surface area contributed by atoms with Crippen molar-refractivity contribution < 1.29 is 28.5 Å². The molecule has 0 spiro atoms. The SMILES string of the molecule is COc1cc(C2CC(=O)C3=C(C2)Nc2cc4c(cc2C3c2ccc(C)cc2)OCO4)cc(OC)c1OC. The Bertz CT molecular complexity index is 1400. The minimum Gasteiger partial charge on any atom is -0.493 e. The summed E-state index contributed by atoms with van der Waals surface area (Å²) < 4.78 is 28.0. The molecule has 2 unspecified atom stereocenters. The van der Waals surface area contributed by atoms with Crippen LogP contribution in [0.15, 0.2) is 59.8 Å². The Hall–Kier alpha value is -4.13. The van der Waals surface area contributed by atoms with Crippen molar-refractivity contribution >= 4 is 11.5 Å². The van der Waals surface area contributed by atoms with Crippen LogP contribution in [0.4, 0.5) is 5.69 Å². The van der Waals surface area contributed by atoms with Gasteiger partial charge in [-0.1, -0.05) is 29.8 Å².